The fourth-order valence-corrected chi connectivity index (χ4v) is 1.46. The highest BCUT2D eigenvalue weighted by Gasteiger charge is 2.09. The topological polar surface area (TPSA) is 30.5 Å². The van der Waals surface area contributed by atoms with Crippen LogP contribution in [0.5, 0.6) is 11.5 Å². The molecule has 0 radical (unpaired) electrons. The molecule has 0 aliphatic carbocycles. The summed E-state index contributed by atoms with van der Waals surface area (Å²) in [7, 11) is 1.65. The summed E-state index contributed by atoms with van der Waals surface area (Å²) in [5.41, 5.74) is 1.07. The highest BCUT2D eigenvalue weighted by Crippen LogP contribution is 2.30. The fraction of sp³-hybridized carbons (Fsp3) is 0.571. The van der Waals surface area contributed by atoms with Gasteiger partial charge in [0.15, 0.2) is 11.5 Å². The molecule has 1 unspecified atom stereocenters. The first-order valence-corrected chi connectivity index (χ1v) is 6.15. The maximum Gasteiger partial charge on any atom is 0.163 e. The Morgan fingerprint density at radius 1 is 1.18 bits per heavy atom. The molecule has 1 aromatic carbocycles. The zero-order valence-electron chi connectivity index (χ0n) is 11.4. The van der Waals surface area contributed by atoms with E-state index in [0.29, 0.717) is 18.6 Å². The standard InChI is InChI=1S/C14H23NO2/c1-6-17-14-9-12(7-8-13(14)16-5)15-11(4)10(2)3/h7-11,15H,6H2,1-5H3. The van der Waals surface area contributed by atoms with Crippen LogP contribution in [0.3, 0.4) is 0 Å². The Morgan fingerprint density at radius 3 is 2.41 bits per heavy atom. The predicted octanol–water partition coefficient (Wildman–Crippen LogP) is 3.55. The first kappa shape index (κ1) is 13.7. The van der Waals surface area contributed by atoms with Crippen LogP contribution < -0.4 is 14.8 Å². The molecule has 0 heterocycles. The van der Waals surface area contributed by atoms with Crippen molar-refractivity contribution in [3.8, 4) is 11.5 Å². The smallest absolute Gasteiger partial charge is 0.163 e. The van der Waals surface area contributed by atoms with Crippen LogP contribution in [0.15, 0.2) is 18.2 Å². The minimum Gasteiger partial charge on any atom is -0.493 e. The minimum absolute atomic E-state index is 0.429. The van der Waals surface area contributed by atoms with Crippen molar-refractivity contribution in [1.29, 1.82) is 0 Å². The van der Waals surface area contributed by atoms with Gasteiger partial charge >= 0.3 is 0 Å². The van der Waals surface area contributed by atoms with E-state index >= 15 is 0 Å². The van der Waals surface area contributed by atoms with Crippen molar-refractivity contribution >= 4 is 5.69 Å². The number of hydrogen-bond donors (Lipinski definition) is 1. The zero-order valence-corrected chi connectivity index (χ0v) is 11.4. The van der Waals surface area contributed by atoms with Crippen LogP contribution in [-0.2, 0) is 0 Å². The van der Waals surface area contributed by atoms with Crippen LogP contribution in [0.1, 0.15) is 27.7 Å². The van der Waals surface area contributed by atoms with Gasteiger partial charge in [-0.05, 0) is 31.9 Å². The predicted molar refractivity (Wildman–Crippen MR) is 72.1 cm³/mol. The van der Waals surface area contributed by atoms with Crippen LogP contribution in [0.25, 0.3) is 0 Å². The van der Waals surface area contributed by atoms with Crippen molar-refractivity contribution in [3.63, 3.8) is 0 Å². The molecule has 3 heteroatoms. The third-order valence-corrected chi connectivity index (χ3v) is 2.86. The van der Waals surface area contributed by atoms with Gasteiger partial charge in [0, 0.05) is 17.8 Å². The molecule has 1 aromatic rings. The van der Waals surface area contributed by atoms with Crippen molar-refractivity contribution in [3.05, 3.63) is 18.2 Å². The average molecular weight is 237 g/mol. The summed E-state index contributed by atoms with van der Waals surface area (Å²) in [6, 6.07) is 6.36. The summed E-state index contributed by atoms with van der Waals surface area (Å²) in [6.07, 6.45) is 0. The summed E-state index contributed by atoms with van der Waals surface area (Å²) in [6.45, 7) is 9.18. The molecule has 0 bridgehead atoms. The molecule has 3 nitrogen and oxygen atoms in total. The van der Waals surface area contributed by atoms with Crippen molar-refractivity contribution in [2.24, 2.45) is 5.92 Å². The molecular weight excluding hydrogens is 214 g/mol. The van der Waals surface area contributed by atoms with Crippen LogP contribution in [0.2, 0.25) is 0 Å². The number of hydrogen-bond acceptors (Lipinski definition) is 3. The second-order valence-corrected chi connectivity index (χ2v) is 4.48. The summed E-state index contributed by atoms with van der Waals surface area (Å²) >= 11 is 0. The lowest BCUT2D eigenvalue weighted by molar-refractivity contribution is 0.311. The second kappa shape index (κ2) is 6.38. The third-order valence-electron chi connectivity index (χ3n) is 2.86. The zero-order chi connectivity index (χ0) is 12.8. The van der Waals surface area contributed by atoms with Gasteiger partial charge in [0.2, 0.25) is 0 Å². The largest absolute Gasteiger partial charge is 0.493 e. The van der Waals surface area contributed by atoms with E-state index in [1.54, 1.807) is 7.11 Å². The van der Waals surface area contributed by atoms with Gasteiger partial charge in [-0.15, -0.1) is 0 Å². The Balaban J connectivity index is 2.84. The van der Waals surface area contributed by atoms with Gasteiger partial charge in [0.1, 0.15) is 0 Å². The monoisotopic (exact) mass is 237 g/mol. The highest BCUT2D eigenvalue weighted by atomic mass is 16.5. The lowest BCUT2D eigenvalue weighted by Crippen LogP contribution is -2.21. The van der Waals surface area contributed by atoms with Gasteiger partial charge in [-0.25, -0.2) is 0 Å². The van der Waals surface area contributed by atoms with Crippen molar-refractivity contribution < 1.29 is 9.47 Å². The summed E-state index contributed by atoms with van der Waals surface area (Å²) < 4.78 is 10.8. The molecule has 0 aliphatic rings. The van der Waals surface area contributed by atoms with Gasteiger partial charge in [-0.2, -0.15) is 0 Å². The number of rotatable bonds is 6. The lowest BCUT2D eigenvalue weighted by atomic mass is 10.1. The van der Waals surface area contributed by atoms with E-state index in [2.05, 4.69) is 26.1 Å². The molecule has 96 valence electrons. The first-order valence-electron chi connectivity index (χ1n) is 6.15. The Kier molecular flexibility index (Phi) is 5.13. The van der Waals surface area contributed by atoms with Crippen LogP contribution in [0, 0.1) is 5.92 Å². The molecule has 17 heavy (non-hydrogen) atoms. The van der Waals surface area contributed by atoms with Crippen molar-refractivity contribution in [2.45, 2.75) is 33.7 Å². The fourth-order valence-electron chi connectivity index (χ4n) is 1.46. The number of anilines is 1. The SMILES string of the molecule is CCOc1cc(NC(C)C(C)C)ccc1OC. The van der Waals surface area contributed by atoms with E-state index in [1.807, 2.05) is 25.1 Å². The maximum absolute atomic E-state index is 5.55. The number of ether oxygens (including phenoxy) is 2. The van der Waals surface area contributed by atoms with E-state index in [4.69, 9.17) is 9.47 Å². The molecular formula is C14H23NO2. The molecule has 0 amide bonds. The second-order valence-electron chi connectivity index (χ2n) is 4.48. The molecule has 1 N–H and O–H groups in total. The molecule has 0 aromatic heterocycles. The van der Waals surface area contributed by atoms with Crippen LogP contribution in [0.4, 0.5) is 5.69 Å². The Bertz CT molecular complexity index is 350. The van der Waals surface area contributed by atoms with Gasteiger partial charge < -0.3 is 14.8 Å². The molecule has 0 saturated carbocycles. The van der Waals surface area contributed by atoms with Crippen LogP contribution >= 0.6 is 0 Å². The van der Waals surface area contributed by atoms with E-state index < -0.39 is 0 Å². The van der Waals surface area contributed by atoms with Crippen LogP contribution in [-0.4, -0.2) is 19.8 Å². The van der Waals surface area contributed by atoms with E-state index in [0.717, 1.165) is 17.2 Å². The third kappa shape index (κ3) is 3.84. The van der Waals surface area contributed by atoms with Crippen molar-refractivity contribution in [1.82, 2.24) is 0 Å². The summed E-state index contributed by atoms with van der Waals surface area (Å²) in [5.74, 6) is 2.15. The highest BCUT2D eigenvalue weighted by molar-refractivity contribution is 5.55. The molecule has 0 fully saturated rings. The summed E-state index contributed by atoms with van der Waals surface area (Å²) in [4.78, 5) is 0. The number of methoxy groups -OCH3 is 1. The Hall–Kier alpha value is -1.38. The Labute approximate surface area is 104 Å². The maximum atomic E-state index is 5.55. The normalized spacial score (nSPS) is 12.4. The number of benzene rings is 1. The van der Waals surface area contributed by atoms with Gasteiger partial charge in [-0.3, -0.25) is 0 Å². The van der Waals surface area contributed by atoms with Crippen molar-refractivity contribution in [2.75, 3.05) is 19.0 Å². The molecule has 1 rings (SSSR count). The summed E-state index contributed by atoms with van der Waals surface area (Å²) in [5, 5.41) is 3.46. The Morgan fingerprint density at radius 2 is 1.88 bits per heavy atom. The van der Waals surface area contributed by atoms with Gasteiger partial charge in [-0.1, -0.05) is 13.8 Å². The quantitative estimate of drug-likeness (QED) is 0.820. The van der Waals surface area contributed by atoms with Gasteiger partial charge in [0.05, 0.1) is 13.7 Å². The minimum atomic E-state index is 0.429. The molecule has 0 spiro atoms. The van der Waals surface area contributed by atoms with Gasteiger partial charge in [0.25, 0.3) is 0 Å². The first-order chi connectivity index (χ1) is 8.08. The molecule has 0 aliphatic heterocycles. The van der Waals surface area contributed by atoms with E-state index in [1.165, 1.54) is 0 Å². The lowest BCUT2D eigenvalue weighted by Gasteiger charge is -2.20. The number of nitrogens with one attached hydrogen (secondary N) is 1. The van der Waals surface area contributed by atoms with E-state index in [-0.39, 0.29) is 0 Å². The average Bonchev–Trinajstić information content (AvgIpc) is 2.29. The van der Waals surface area contributed by atoms with E-state index in [9.17, 15) is 0 Å². The molecule has 0 saturated heterocycles. The molecule has 1 atom stereocenters.